The number of para-hydroxylation sites is 1. The first-order valence-corrected chi connectivity index (χ1v) is 6.39. The van der Waals surface area contributed by atoms with Crippen molar-refractivity contribution in [3.8, 4) is 0 Å². The van der Waals surface area contributed by atoms with Gasteiger partial charge in [0.1, 0.15) is 0 Å². The number of hydrogen-bond donors (Lipinski definition) is 2. The molecule has 1 aliphatic rings. The van der Waals surface area contributed by atoms with Gasteiger partial charge in [-0.1, -0.05) is 18.2 Å². The zero-order valence-corrected chi connectivity index (χ0v) is 10.9. The molecular weight excluding hydrogens is 244 g/mol. The summed E-state index contributed by atoms with van der Waals surface area (Å²) in [4.78, 5) is 24.4. The number of carboxylic acids is 1. The van der Waals surface area contributed by atoms with E-state index in [1.54, 1.807) is 4.90 Å². The van der Waals surface area contributed by atoms with Crippen LogP contribution in [0.3, 0.4) is 0 Å². The molecule has 1 fully saturated rings. The van der Waals surface area contributed by atoms with Gasteiger partial charge in [0.15, 0.2) is 0 Å². The van der Waals surface area contributed by atoms with Crippen LogP contribution in [0.4, 0.5) is 10.5 Å². The average Bonchev–Trinajstić information content (AvgIpc) is 2.79. The van der Waals surface area contributed by atoms with Crippen molar-refractivity contribution >= 4 is 17.7 Å². The standard InChI is InChI=1S/C14H18N2O3/c1-10-4-2-3-5-12(10)15-14(19)16-7-6-11(9-16)8-13(17)18/h2-5,11H,6-9H2,1H3,(H,15,19)(H,17,18). The Labute approximate surface area is 112 Å². The van der Waals surface area contributed by atoms with E-state index in [9.17, 15) is 9.59 Å². The molecule has 0 aromatic heterocycles. The molecule has 1 heterocycles. The van der Waals surface area contributed by atoms with Crippen LogP contribution in [-0.4, -0.2) is 35.1 Å². The molecule has 0 saturated carbocycles. The van der Waals surface area contributed by atoms with E-state index in [-0.39, 0.29) is 18.4 Å². The second-order valence-corrected chi connectivity index (χ2v) is 4.94. The van der Waals surface area contributed by atoms with Crippen molar-refractivity contribution < 1.29 is 14.7 Å². The van der Waals surface area contributed by atoms with Crippen molar-refractivity contribution in [2.24, 2.45) is 5.92 Å². The van der Waals surface area contributed by atoms with Crippen molar-refractivity contribution in [1.82, 2.24) is 4.90 Å². The van der Waals surface area contributed by atoms with Gasteiger partial charge in [0, 0.05) is 25.2 Å². The average molecular weight is 262 g/mol. The molecule has 1 atom stereocenters. The van der Waals surface area contributed by atoms with Crippen LogP contribution in [0.1, 0.15) is 18.4 Å². The summed E-state index contributed by atoms with van der Waals surface area (Å²) in [7, 11) is 0. The van der Waals surface area contributed by atoms with Gasteiger partial charge in [-0.15, -0.1) is 0 Å². The van der Waals surface area contributed by atoms with Crippen molar-refractivity contribution in [3.05, 3.63) is 29.8 Å². The number of anilines is 1. The molecule has 5 heteroatoms. The SMILES string of the molecule is Cc1ccccc1NC(=O)N1CCC(CC(=O)O)C1. The largest absolute Gasteiger partial charge is 0.481 e. The summed E-state index contributed by atoms with van der Waals surface area (Å²) in [6.07, 6.45) is 0.891. The highest BCUT2D eigenvalue weighted by Crippen LogP contribution is 2.21. The number of benzene rings is 1. The molecule has 0 spiro atoms. The summed E-state index contributed by atoms with van der Waals surface area (Å²) in [5.74, 6) is -0.730. The van der Waals surface area contributed by atoms with Crippen LogP contribution in [0.2, 0.25) is 0 Å². The van der Waals surface area contributed by atoms with Crippen molar-refractivity contribution in [2.75, 3.05) is 18.4 Å². The van der Waals surface area contributed by atoms with Gasteiger partial charge in [-0.05, 0) is 30.9 Å². The number of nitrogens with one attached hydrogen (secondary N) is 1. The number of rotatable bonds is 3. The van der Waals surface area contributed by atoms with Crippen LogP contribution in [0.25, 0.3) is 0 Å². The number of carbonyl (C=O) groups is 2. The maximum atomic E-state index is 12.1. The number of hydrogen-bond acceptors (Lipinski definition) is 2. The molecule has 1 aliphatic heterocycles. The van der Waals surface area contributed by atoms with Gasteiger partial charge in [-0.25, -0.2) is 4.79 Å². The monoisotopic (exact) mass is 262 g/mol. The molecule has 2 amide bonds. The lowest BCUT2D eigenvalue weighted by molar-refractivity contribution is -0.138. The number of aliphatic carboxylic acids is 1. The third-order valence-electron chi connectivity index (χ3n) is 3.42. The first-order valence-electron chi connectivity index (χ1n) is 6.39. The molecule has 2 rings (SSSR count). The van der Waals surface area contributed by atoms with Crippen LogP contribution in [0.15, 0.2) is 24.3 Å². The maximum absolute atomic E-state index is 12.1. The second kappa shape index (κ2) is 5.73. The lowest BCUT2D eigenvalue weighted by atomic mass is 10.1. The molecule has 2 N–H and O–H groups in total. The molecule has 19 heavy (non-hydrogen) atoms. The number of carboxylic acid groups (broad SMARTS) is 1. The van der Waals surface area contributed by atoms with Crippen molar-refractivity contribution in [3.63, 3.8) is 0 Å². The van der Waals surface area contributed by atoms with Gasteiger partial charge in [0.05, 0.1) is 0 Å². The Morgan fingerprint density at radius 2 is 2.16 bits per heavy atom. The quantitative estimate of drug-likeness (QED) is 0.878. The zero-order chi connectivity index (χ0) is 13.8. The molecule has 102 valence electrons. The highest BCUT2D eigenvalue weighted by atomic mass is 16.4. The zero-order valence-electron chi connectivity index (χ0n) is 10.9. The normalized spacial score (nSPS) is 18.4. The minimum atomic E-state index is -0.800. The van der Waals surface area contributed by atoms with Gasteiger partial charge in [-0.3, -0.25) is 4.79 Å². The van der Waals surface area contributed by atoms with E-state index >= 15 is 0 Å². The van der Waals surface area contributed by atoms with E-state index in [4.69, 9.17) is 5.11 Å². The predicted molar refractivity (Wildman–Crippen MR) is 72.1 cm³/mol. The summed E-state index contributed by atoms with van der Waals surface area (Å²) >= 11 is 0. The molecule has 0 bridgehead atoms. The summed E-state index contributed by atoms with van der Waals surface area (Å²) in [6, 6.07) is 7.44. The first kappa shape index (κ1) is 13.4. The number of carbonyl (C=O) groups excluding carboxylic acids is 1. The Kier molecular flexibility index (Phi) is 4.04. The van der Waals surface area contributed by atoms with E-state index in [2.05, 4.69) is 5.32 Å². The number of likely N-dealkylation sites (tertiary alicyclic amines) is 1. The molecule has 0 aliphatic carbocycles. The predicted octanol–water partition coefficient (Wildman–Crippen LogP) is 2.32. The fraction of sp³-hybridized carbons (Fsp3) is 0.429. The van der Waals surface area contributed by atoms with E-state index in [1.165, 1.54) is 0 Å². The van der Waals surface area contributed by atoms with Crippen LogP contribution < -0.4 is 5.32 Å². The Morgan fingerprint density at radius 3 is 2.84 bits per heavy atom. The fourth-order valence-electron chi connectivity index (χ4n) is 2.34. The van der Waals surface area contributed by atoms with E-state index in [1.807, 2.05) is 31.2 Å². The van der Waals surface area contributed by atoms with Gasteiger partial charge in [-0.2, -0.15) is 0 Å². The number of amides is 2. The summed E-state index contributed by atoms with van der Waals surface area (Å²) in [6.45, 7) is 3.08. The third-order valence-corrected chi connectivity index (χ3v) is 3.42. The lowest BCUT2D eigenvalue weighted by Gasteiger charge is -2.18. The smallest absolute Gasteiger partial charge is 0.321 e. The Bertz CT molecular complexity index is 487. The fourth-order valence-corrected chi connectivity index (χ4v) is 2.34. The molecule has 1 saturated heterocycles. The summed E-state index contributed by atoms with van der Waals surface area (Å²) in [5.41, 5.74) is 1.81. The van der Waals surface area contributed by atoms with Crippen molar-refractivity contribution in [2.45, 2.75) is 19.8 Å². The second-order valence-electron chi connectivity index (χ2n) is 4.94. The first-order chi connectivity index (χ1) is 9.06. The maximum Gasteiger partial charge on any atom is 0.321 e. The molecule has 1 aromatic carbocycles. The van der Waals surface area contributed by atoms with Crippen LogP contribution >= 0.6 is 0 Å². The molecule has 0 radical (unpaired) electrons. The van der Waals surface area contributed by atoms with Crippen LogP contribution in [0.5, 0.6) is 0 Å². The number of aryl methyl sites for hydroxylation is 1. The number of nitrogens with zero attached hydrogens (tertiary/aromatic N) is 1. The van der Waals surface area contributed by atoms with E-state index in [0.717, 1.165) is 17.7 Å². The highest BCUT2D eigenvalue weighted by Gasteiger charge is 2.27. The summed E-state index contributed by atoms with van der Waals surface area (Å²) in [5, 5.41) is 11.6. The highest BCUT2D eigenvalue weighted by molar-refractivity contribution is 5.90. The molecule has 1 aromatic rings. The van der Waals surface area contributed by atoms with Gasteiger partial charge < -0.3 is 15.3 Å². The lowest BCUT2D eigenvalue weighted by Crippen LogP contribution is -2.33. The van der Waals surface area contributed by atoms with Crippen LogP contribution in [-0.2, 0) is 4.79 Å². The Morgan fingerprint density at radius 1 is 1.42 bits per heavy atom. The molecule has 5 nitrogen and oxygen atoms in total. The van der Waals surface area contributed by atoms with Crippen molar-refractivity contribution in [1.29, 1.82) is 0 Å². The van der Waals surface area contributed by atoms with Gasteiger partial charge in [0.25, 0.3) is 0 Å². The topological polar surface area (TPSA) is 69.6 Å². The molecule has 1 unspecified atom stereocenters. The third kappa shape index (κ3) is 3.47. The van der Waals surface area contributed by atoms with Crippen LogP contribution in [0, 0.1) is 12.8 Å². The van der Waals surface area contributed by atoms with E-state index < -0.39 is 5.97 Å². The number of urea groups is 1. The Balaban J connectivity index is 1.91. The molecular formula is C14H18N2O3. The Hall–Kier alpha value is -2.04. The minimum Gasteiger partial charge on any atom is -0.481 e. The van der Waals surface area contributed by atoms with Gasteiger partial charge in [0.2, 0.25) is 0 Å². The summed E-state index contributed by atoms with van der Waals surface area (Å²) < 4.78 is 0. The minimum absolute atomic E-state index is 0.0696. The van der Waals surface area contributed by atoms with Gasteiger partial charge >= 0.3 is 12.0 Å². The van der Waals surface area contributed by atoms with E-state index in [0.29, 0.717) is 13.1 Å².